The van der Waals surface area contributed by atoms with Crippen LogP contribution in [0.1, 0.15) is 31.2 Å². The number of carbonyl (C=O) groups excluding carboxylic acids is 1. The number of benzene rings is 1. The van der Waals surface area contributed by atoms with Gasteiger partial charge in [0.1, 0.15) is 5.82 Å². The van der Waals surface area contributed by atoms with Crippen molar-refractivity contribution < 1.29 is 14.1 Å². The molecule has 0 saturated carbocycles. The normalized spacial score (nSPS) is 17.6. The number of likely N-dealkylation sites (tertiary alicyclic amines) is 1. The zero-order valence-corrected chi connectivity index (χ0v) is 14.8. The summed E-state index contributed by atoms with van der Waals surface area (Å²) in [6, 6.07) is 3.87. The Balaban J connectivity index is 0.00000312. The summed E-state index contributed by atoms with van der Waals surface area (Å²) >= 11 is 0. The van der Waals surface area contributed by atoms with Crippen LogP contribution in [0.25, 0.3) is 0 Å². The fraction of sp³-hybridized carbons (Fsp3) is 0.562. The van der Waals surface area contributed by atoms with Gasteiger partial charge < -0.3 is 11.1 Å². The molecule has 3 N–H and O–H groups in total. The molecule has 140 valence electrons. The molecular formula is C16H24ClFN4O3. The molecule has 1 fully saturated rings. The van der Waals surface area contributed by atoms with Crippen molar-refractivity contribution in [3.8, 4) is 0 Å². The van der Waals surface area contributed by atoms with Gasteiger partial charge in [0.2, 0.25) is 5.91 Å². The number of hydrogen-bond donors (Lipinski definition) is 2. The zero-order valence-electron chi connectivity index (χ0n) is 13.9. The lowest BCUT2D eigenvalue weighted by molar-refractivity contribution is -0.385. The van der Waals surface area contributed by atoms with Crippen LogP contribution in [0.2, 0.25) is 0 Å². The molecule has 0 radical (unpaired) electrons. The number of nitrogens with two attached hydrogens (primary N) is 1. The van der Waals surface area contributed by atoms with E-state index in [1.165, 1.54) is 12.1 Å². The van der Waals surface area contributed by atoms with E-state index in [1.54, 1.807) is 0 Å². The molecule has 0 aromatic heterocycles. The average molecular weight is 375 g/mol. The smallest absolute Gasteiger partial charge is 0.272 e. The van der Waals surface area contributed by atoms with E-state index in [0.717, 1.165) is 31.9 Å². The molecule has 25 heavy (non-hydrogen) atoms. The molecule has 1 amide bonds. The van der Waals surface area contributed by atoms with Crippen LogP contribution in [0.4, 0.5) is 10.1 Å². The molecule has 2 rings (SSSR count). The molecule has 1 aliphatic heterocycles. The third kappa shape index (κ3) is 6.22. The SMILES string of the molecule is Cl.NCCC(=O)NCC1CCCCN1Cc1ccc([N+](=O)[O-])cc1F. The fourth-order valence-electron chi connectivity index (χ4n) is 2.95. The molecule has 1 atom stereocenters. The van der Waals surface area contributed by atoms with Crippen LogP contribution in [0, 0.1) is 15.9 Å². The van der Waals surface area contributed by atoms with E-state index in [-0.39, 0.29) is 30.0 Å². The third-order valence-corrected chi connectivity index (χ3v) is 4.28. The van der Waals surface area contributed by atoms with E-state index < -0.39 is 10.7 Å². The van der Waals surface area contributed by atoms with Gasteiger partial charge in [-0.15, -0.1) is 12.4 Å². The van der Waals surface area contributed by atoms with Gasteiger partial charge in [0.05, 0.1) is 11.0 Å². The van der Waals surface area contributed by atoms with Crippen molar-refractivity contribution in [2.24, 2.45) is 5.73 Å². The van der Waals surface area contributed by atoms with E-state index in [1.807, 2.05) is 0 Å². The molecule has 1 aliphatic rings. The molecule has 1 aromatic rings. The first-order valence-electron chi connectivity index (χ1n) is 8.15. The highest BCUT2D eigenvalue weighted by Gasteiger charge is 2.24. The van der Waals surface area contributed by atoms with Gasteiger partial charge in [-0.2, -0.15) is 0 Å². The van der Waals surface area contributed by atoms with E-state index in [2.05, 4.69) is 10.2 Å². The highest BCUT2D eigenvalue weighted by molar-refractivity contribution is 5.85. The Kier molecular flexibility index (Phi) is 8.74. The standard InChI is InChI=1S/C16H23FN4O3.ClH/c17-15-9-13(21(23)24)5-4-12(15)11-20-8-2-1-3-14(20)10-19-16(22)6-7-18;/h4-5,9,14H,1-3,6-8,10-11,18H2,(H,19,22);1H. The molecule has 0 bridgehead atoms. The van der Waals surface area contributed by atoms with Crippen LogP contribution in [0.3, 0.4) is 0 Å². The lowest BCUT2D eigenvalue weighted by Crippen LogP contribution is -2.46. The minimum atomic E-state index is -0.608. The van der Waals surface area contributed by atoms with Gasteiger partial charge in [0, 0.05) is 43.7 Å². The van der Waals surface area contributed by atoms with Crippen LogP contribution >= 0.6 is 12.4 Å². The van der Waals surface area contributed by atoms with Crippen molar-refractivity contribution >= 4 is 24.0 Å². The first-order chi connectivity index (χ1) is 11.5. The van der Waals surface area contributed by atoms with Crippen molar-refractivity contribution in [2.75, 3.05) is 19.6 Å². The van der Waals surface area contributed by atoms with Crippen molar-refractivity contribution in [1.82, 2.24) is 10.2 Å². The molecule has 0 spiro atoms. The number of non-ortho nitro benzene ring substituents is 1. The predicted octanol–water partition coefficient (Wildman–Crippen LogP) is 1.98. The Morgan fingerprint density at radius 1 is 1.44 bits per heavy atom. The van der Waals surface area contributed by atoms with Crippen molar-refractivity contribution in [2.45, 2.75) is 38.3 Å². The molecule has 1 heterocycles. The topological polar surface area (TPSA) is 102 Å². The quantitative estimate of drug-likeness (QED) is 0.561. The number of amides is 1. The number of halogens is 2. The number of nitro benzene ring substituents is 1. The monoisotopic (exact) mass is 374 g/mol. The molecule has 9 heteroatoms. The lowest BCUT2D eigenvalue weighted by atomic mass is 10.0. The highest BCUT2D eigenvalue weighted by Crippen LogP contribution is 2.22. The maximum Gasteiger partial charge on any atom is 0.272 e. The lowest BCUT2D eigenvalue weighted by Gasteiger charge is -2.36. The number of carbonyl (C=O) groups is 1. The largest absolute Gasteiger partial charge is 0.354 e. The van der Waals surface area contributed by atoms with E-state index >= 15 is 0 Å². The second kappa shape index (κ2) is 10.3. The van der Waals surface area contributed by atoms with E-state index in [9.17, 15) is 19.3 Å². The summed E-state index contributed by atoms with van der Waals surface area (Å²) < 4.78 is 14.1. The van der Waals surface area contributed by atoms with E-state index in [4.69, 9.17) is 5.73 Å². The van der Waals surface area contributed by atoms with Crippen molar-refractivity contribution in [3.05, 3.63) is 39.7 Å². The Morgan fingerprint density at radius 3 is 2.84 bits per heavy atom. The number of nitro groups is 1. The number of nitrogens with zero attached hydrogens (tertiary/aromatic N) is 2. The summed E-state index contributed by atoms with van der Waals surface area (Å²) in [5, 5.41) is 13.6. The molecule has 1 unspecified atom stereocenters. The molecular weight excluding hydrogens is 351 g/mol. The Hall–Kier alpha value is -1.77. The van der Waals surface area contributed by atoms with Crippen molar-refractivity contribution in [3.63, 3.8) is 0 Å². The minimum Gasteiger partial charge on any atom is -0.354 e. The van der Waals surface area contributed by atoms with Gasteiger partial charge >= 0.3 is 0 Å². The minimum absolute atomic E-state index is 0. The van der Waals surface area contributed by atoms with Gasteiger partial charge in [-0.3, -0.25) is 19.8 Å². The Morgan fingerprint density at radius 2 is 2.20 bits per heavy atom. The van der Waals surface area contributed by atoms with Gasteiger partial charge in [0.25, 0.3) is 5.69 Å². The first kappa shape index (κ1) is 21.3. The van der Waals surface area contributed by atoms with E-state index in [0.29, 0.717) is 31.6 Å². The molecule has 0 aliphatic carbocycles. The van der Waals surface area contributed by atoms with Crippen LogP contribution in [-0.2, 0) is 11.3 Å². The fourth-order valence-corrected chi connectivity index (χ4v) is 2.95. The van der Waals surface area contributed by atoms with Gasteiger partial charge in [-0.1, -0.05) is 6.42 Å². The number of piperidine rings is 1. The summed E-state index contributed by atoms with van der Waals surface area (Å²) in [6.07, 6.45) is 3.31. The summed E-state index contributed by atoms with van der Waals surface area (Å²) in [5.74, 6) is -0.648. The van der Waals surface area contributed by atoms with Crippen molar-refractivity contribution in [1.29, 1.82) is 0 Å². The molecule has 7 nitrogen and oxygen atoms in total. The zero-order chi connectivity index (χ0) is 17.5. The summed E-state index contributed by atoms with van der Waals surface area (Å²) in [6.45, 7) is 2.01. The number of hydrogen-bond acceptors (Lipinski definition) is 5. The Labute approximate surface area is 152 Å². The number of rotatable bonds is 7. The summed E-state index contributed by atoms with van der Waals surface area (Å²) in [4.78, 5) is 23.8. The van der Waals surface area contributed by atoms with Crippen LogP contribution < -0.4 is 11.1 Å². The first-order valence-corrected chi connectivity index (χ1v) is 8.15. The summed E-state index contributed by atoms with van der Waals surface area (Å²) in [7, 11) is 0. The van der Waals surface area contributed by atoms with Gasteiger partial charge in [-0.25, -0.2) is 4.39 Å². The maximum atomic E-state index is 14.1. The predicted molar refractivity (Wildman–Crippen MR) is 95.0 cm³/mol. The molecule has 1 aromatic carbocycles. The second-order valence-corrected chi connectivity index (χ2v) is 6.00. The molecule has 1 saturated heterocycles. The Bertz CT molecular complexity index is 603. The van der Waals surface area contributed by atoms with Crippen LogP contribution in [0.5, 0.6) is 0 Å². The average Bonchev–Trinajstić information content (AvgIpc) is 2.56. The second-order valence-electron chi connectivity index (χ2n) is 6.00. The number of nitrogens with one attached hydrogen (secondary N) is 1. The third-order valence-electron chi connectivity index (χ3n) is 4.28. The summed E-state index contributed by atoms with van der Waals surface area (Å²) in [5.41, 5.74) is 5.54. The van der Waals surface area contributed by atoms with Crippen LogP contribution in [0.15, 0.2) is 18.2 Å². The maximum absolute atomic E-state index is 14.1. The van der Waals surface area contributed by atoms with Gasteiger partial charge in [0.15, 0.2) is 0 Å². The van der Waals surface area contributed by atoms with Crippen LogP contribution in [-0.4, -0.2) is 41.4 Å². The van der Waals surface area contributed by atoms with Gasteiger partial charge in [-0.05, 0) is 25.5 Å². The highest BCUT2D eigenvalue weighted by atomic mass is 35.5.